The van der Waals surface area contributed by atoms with Gasteiger partial charge < -0.3 is 25.2 Å². The zero-order chi connectivity index (χ0) is 26.6. The molecule has 0 saturated carbocycles. The Hall–Kier alpha value is -3.24. The number of unbranched alkanes of at least 4 members (excludes halogenated alkanes) is 3. The molecule has 198 valence electrons. The number of nitrogens with one attached hydrogen (secondary N) is 2. The lowest BCUT2D eigenvalue weighted by atomic mass is 9.90. The van der Waals surface area contributed by atoms with Crippen LogP contribution in [0.5, 0.6) is 0 Å². The van der Waals surface area contributed by atoms with Crippen molar-refractivity contribution in [3.05, 3.63) is 41.5 Å². The SMILES string of the molecule is C1=NCCN1.CCCCCCC(OC)(C(=Cc1ccccc1)C(=O)O)N1C(=O)C(=O)NC1(CC)OC. The van der Waals surface area contributed by atoms with Crippen LogP contribution in [0.15, 0.2) is 40.9 Å². The van der Waals surface area contributed by atoms with Crippen LogP contribution in [-0.2, 0) is 23.9 Å². The van der Waals surface area contributed by atoms with Crippen molar-refractivity contribution in [3.63, 3.8) is 0 Å². The third kappa shape index (κ3) is 6.50. The molecule has 2 amide bonds. The Morgan fingerprint density at radius 2 is 1.92 bits per heavy atom. The minimum absolute atomic E-state index is 0.141. The molecule has 2 aliphatic rings. The number of hydrogen-bond donors (Lipinski definition) is 3. The molecule has 2 unspecified atom stereocenters. The number of hydrogen-bond acceptors (Lipinski definition) is 7. The molecular weight excluding hydrogens is 464 g/mol. The topological polar surface area (TPSA) is 130 Å². The highest BCUT2D eigenvalue weighted by molar-refractivity contribution is 6.37. The lowest BCUT2D eigenvalue weighted by Crippen LogP contribution is -2.65. The van der Waals surface area contributed by atoms with Gasteiger partial charge in [-0.2, -0.15) is 0 Å². The van der Waals surface area contributed by atoms with Gasteiger partial charge in [0, 0.05) is 33.6 Å². The molecule has 0 spiro atoms. The fourth-order valence-corrected chi connectivity index (χ4v) is 4.38. The molecular formula is C26H38N4O6. The Morgan fingerprint density at radius 3 is 2.39 bits per heavy atom. The van der Waals surface area contributed by atoms with Gasteiger partial charge in [-0.3, -0.25) is 19.5 Å². The quantitative estimate of drug-likeness (QED) is 0.228. The molecule has 2 atom stereocenters. The number of carboxylic acids is 1. The second kappa shape index (κ2) is 13.7. The van der Waals surface area contributed by atoms with Gasteiger partial charge in [-0.05, 0) is 18.1 Å². The smallest absolute Gasteiger partial charge is 0.336 e. The molecule has 2 heterocycles. The fraction of sp³-hybridized carbons (Fsp3) is 0.538. The predicted molar refractivity (Wildman–Crippen MR) is 137 cm³/mol. The molecule has 0 bridgehead atoms. The summed E-state index contributed by atoms with van der Waals surface area (Å²) in [4.78, 5) is 42.9. The van der Waals surface area contributed by atoms with Gasteiger partial charge in [0.05, 0.1) is 18.5 Å². The van der Waals surface area contributed by atoms with E-state index in [1.807, 2.05) is 6.07 Å². The number of aliphatic carboxylic acids is 1. The minimum Gasteiger partial charge on any atom is -0.478 e. The van der Waals surface area contributed by atoms with Gasteiger partial charge >= 0.3 is 17.8 Å². The van der Waals surface area contributed by atoms with Crippen LogP contribution in [0.3, 0.4) is 0 Å². The number of aliphatic imine (C=N–C) groups is 1. The van der Waals surface area contributed by atoms with Crippen LogP contribution >= 0.6 is 0 Å². The van der Waals surface area contributed by atoms with Crippen molar-refractivity contribution in [2.75, 3.05) is 27.3 Å². The van der Waals surface area contributed by atoms with Crippen molar-refractivity contribution in [2.45, 2.75) is 63.9 Å². The van der Waals surface area contributed by atoms with E-state index < -0.39 is 29.4 Å². The van der Waals surface area contributed by atoms with E-state index in [4.69, 9.17) is 9.47 Å². The Balaban J connectivity index is 0.000000809. The van der Waals surface area contributed by atoms with Gasteiger partial charge in [-0.25, -0.2) is 4.79 Å². The van der Waals surface area contributed by atoms with Gasteiger partial charge in [-0.1, -0.05) is 63.4 Å². The van der Waals surface area contributed by atoms with Crippen LogP contribution in [-0.4, -0.2) is 73.0 Å². The molecule has 1 fully saturated rings. The first-order chi connectivity index (χ1) is 17.3. The number of carbonyl (C=O) groups excluding carboxylic acids is 2. The highest BCUT2D eigenvalue weighted by Crippen LogP contribution is 2.41. The van der Waals surface area contributed by atoms with E-state index in [1.165, 1.54) is 20.3 Å². The molecule has 3 rings (SSSR count). The summed E-state index contributed by atoms with van der Waals surface area (Å²) in [6, 6.07) is 8.93. The summed E-state index contributed by atoms with van der Waals surface area (Å²) in [5.41, 5.74) is -1.21. The molecule has 2 aliphatic heterocycles. The summed E-state index contributed by atoms with van der Waals surface area (Å²) in [5, 5.41) is 15.7. The van der Waals surface area contributed by atoms with Gasteiger partial charge in [-0.15, -0.1) is 0 Å². The number of carboxylic acid groups (broad SMARTS) is 1. The van der Waals surface area contributed by atoms with Crippen molar-refractivity contribution >= 4 is 30.2 Å². The first-order valence-electron chi connectivity index (χ1n) is 12.3. The minimum atomic E-state index is -1.71. The van der Waals surface area contributed by atoms with Crippen molar-refractivity contribution < 1.29 is 29.0 Å². The number of ether oxygens (including phenoxy) is 2. The summed E-state index contributed by atoms with van der Waals surface area (Å²) >= 11 is 0. The summed E-state index contributed by atoms with van der Waals surface area (Å²) in [6.45, 7) is 5.80. The van der Waals surface area contributed by atoms with Gasteiger partial charge in [0.1, 0.15) is 0 Å². The van der Waals surface area contributed by atoms with Crippen molar-refractivity contribution in [1.29, 1.82) is 0 Å². The largest absolute Gasteiger partial charge is 0.478 e. The molecule has 3 N–H and O–H groups in total. The van der Waals surface area contributed by atoms with E-state index in [0.29, 0.717) is 12.0 Å². The summed E-state index contributed by atoms with van der Waals surface area (Å²) in [6.07, 6.45) is 7.00. The molecule has 10 heteroatoms. The monoisotopic (exact) mass is 502 g/mol. The number of amides is 2. The average molecular weight is 503 g/mol. The van der Waals surface area contributed by atoms with Crippen LogP contribution in [0.1, 0.15) is 57.9 Å². The molecule has 1 aromatic rings. The maximum Gasteiger partial charge on any atom is 0.336 e. The first-order valence-corrected chi connectivity index (χ1v) is 12.3. The zero-order valence-electron chi connectivity index (χ0n) is 21.6. The van der Waals surface area contributed by atoms with Gasteiger partial charge in [0.25, 0.3) is 0 Å². The highest BCUT2D eigenvalue weighted by atomic mass is 16.6. The summed E-state index contributed by atoms with van der Waals surface area (Å²) < 4.78 is 11.4. The van der Waals surface area contributed by atoms with E-state index in [9.17, 15) is 19.5 Å². The van der Waals surface area contributed by atoms with Crippen molar-refractivity contribution in [2.24, 2.45) is 4.99 Å². The first kappa shape index (κ1) is 29.0. The molecule has 0 aromatic heterocycles. The normalized spacial score (nSPS) is 20.9. The van der Waals surface area contributed by atoms with Crippen LogP contribution < -0.4 is 10.6 Å². The Morgan fingerprint density at radius 1 is 1.19 bits per heavy atom. The van der Waals surface area contributed by atoms with Crippen LogP contribution in [0.25, 0.3) is 6.08 Å². The molecule has 10 nitrogen and oxygen atoms in total. The lowest BCUT2D eigenvalue weighted by Gasteiger charge is -2.47. The summed E-state index contributed by atoms with van der Waals surface area (Å²) in [7, 11) is 2.72. The third-order valence-electron chi connectivity index (χ3n) is 6.28. The number of rotatable bonds is 12. The number of carbonyl (C=O) groups is 3. The van der Waals surface area contributed by atoms with Crippen LogP contribution in [0.4, 0.5) is 0 Å². The molecule has 0 radical (unpaired) electrons. The summed E-state index contributed by atoms with van der Waals surface area (Å²) in [5.74, 6) is -4.50. The molecule has 1 aromatic carbocycles. The van der Waals surface area contributed by atoms with Gasteiger partial charge in [0.2, 0.25) is 5.85 Å². The van der Waals surface area contributed by atoms with E-state index in [1.54, 1.807) is 37.5 Å². The van der Waals surface area contributed by atoms with Crippen LogP contribution in [0, 0.1) is 0 Å². The highest BCUT2D eigenvalue weighted by Gasteiger charge is 2.61. The van der Waals surface area contributed by atoms with E-state index in [2.05, 4.69) is 22.5 Å². The Bertz CT molecular complexity index is 939. The lowest BCUT2D eigenvalue weighted by molar-refractivity contribution is -0.229. The Labute approximate surface area is 212 Å². The number of methoxy groups -OCH3 is 2. The Kier molecular flexibility index (Phi) is 11.1. The van der Waals surface area contributed by atoms with Crippen LogP contribution in [0.2, 0.25) is 0 Å². The van der Waals surface area contributed by atoms with Gasteiger partial charge in [0.15, 0.2) is 5.72 Å². The average Bonchev–Trinajstić information content (AvgIpc) is 3.56. The van der Waals surface area contributed by atoms with E-state index >= 15 is 0 Å². The molecule has 36 heavy (non-hydrogen) atoms. The van der Waals surface area contributed by atoms with Crippen molar-refractivity contribution in [1.82, 2.24) is 15.5 Å². The molecule has 0 aliphatic carbocycles. The van der Waals surface area contributed by atoms with E-state index in [-0.39, 0.29) is 18.4 Å². The van der Waals surface area contributed by atoms with Crippen molar-refractivity contribution in [3.8, 4) is 0 Å². The fourth-order valence-electron chi connectivity index (χ4n) is 4.38. The zero-order valence-corrected chi connectivity index (χ0v) is 21.6. The number of benzene rings is 1. The second-order valence-electron chi connectivity index (χ2n) is 8.50. The second-order valence-corrected chi connectivity index (χ2v) is 8.50. The van der Waals surface area contributed by atoms with E-state index in [0.717, 1.165) is 37.3 Å². The number of nitrogens with zero attached hydrogens (tertiary/aromatic N) is 2. The third-order valence-corrected chi connectivity index (χ3v) is 6.28. The maximum absolute atomic E-state index is 13.0. The standard InChI is InChI=1S/C23H32N2O6.C3H6N2/c1-5-7-8-12-15-22(30-3,18(21(28)29)16-17-13-10-9-11-14-17)25-20(27)19(26)24-23(25,6-2)31-4;1-2-5-3-4-1/h9-11,13-14,16H,5-8,12,15H2,1-4H3,(H,24,26)(H,28,29);3H,1-2H2,(H,4,5). The maximum atomic E-state index is 13.0. The predicted octanol–water partition coefficient (Wildman–Crippen LogP) is 2.75. The molecule has 1 saturated heterocycles.